The third-order valence-corrected chi connectivity index (χ3v) is 7.82. The van der Waals surface area contributed by atoms with Crippen molar-refractivity contribution in [3.05, 3.63) is 18.3 Å². The number of hydrogen-bond acceptors (Lipinski definition) is 5. The van der Waals surface area contributed by atoms with E-state index in [-0.39, 0.29) is 0 Å². The van der Waals surface area contributed by atoms with Gasteiger partial charge in [-0.3, -0.25) is 0 Å². The summed E-state index contributed by atoms with van der Waals surface area (Å²) in [4.78, 5) is 7.02. The van der Waals surface area contributed by atoms with E-state index >= 15 is 0 Å². The Labute approximate surface area is 137 Å². The van der Waals surface area contributed by atoms with Crippen molar-refractivity contribution in [1.82, 2.24) is 9.29 Å². The molecule has 122 valence electrons. The van der Waals surface area contributed by atoms with Gasteiger partial charge in [0.15, 0.2) is 0 Å². The van der Waals surface area contributed by atoms with Gasteiger partial charge in [-0.2, -0.15) is 16.1 Å². The third kappa shape index (κ3) is 2.98. The summed E-state index contributed by atoms with van der Waals surface area (Å²) in [7, 11) is -3.36. The van der Waals surface area contributed by atoms with Gasteiger partial charge in [-0.05, 0) is 31.9 Å². The lowest BCUT2D eigenvalue weighted by Crippen LogP contribution is -2.45. The lowest BCUT2D eigenvalue weighted by atomic mass is 10.2. The molecular weight excluding hydrogens is 318 g/mol. The van der Waals surface area contributed by atoms with Gasteiger partial charge in [0, 0.05) is 42.9 Å². The molecule has 0 bridgehead atoms. The predicted octanol–water partition coefficient (Wildman–Crippen LogP) is 2.20. The van der Waals surface area contributed by atoms with E-state index < -0.39 is 10.0 Å². The predicted molar refractivity (Wildman–Crippen MR) is 91.0 cm³/mol. The highest BCUT2D eigenvalue weighted by molar-refractivity contribution is 8.00. The molecular formula is C15H23N3O2S2. The van der Waals surface area contributed by atoms with Crippen LogP contribution >= 0.6 is 11.8 Å². The van der Waals surface area contributed by atoms with E-state index in [1.54, 1.807) is 10.4 Å². The highest BCUT2D eigenvalue weighted by Crippen LogP contribution is 2.28. The summed E-state index contributed by atoms with van der Waals surface area (Å²) >= 11 is 1.98. The van der Waals surface area contributed by atoms with Crippen LogP contribution in [0, 0.1) is 0 Å². The van der Waals surface area contributed by atoms with Gasteiger partial charge < -0.3 is 4.90 Å². The summed E-state index contributed by atoms with van der Waals surface area (Å²) in [6, 6.07) is 3.96. The first kappa shape index (κ1) is 16.1. The fraction of sp³-hybridized carbons (Fsp3) is 0.667. The standard InChI is InChI=1S/C15H23N3O2S2/c1-12-13(2)21-10-9-18(12)15-6-5-14(11-16-15)22(19,20)17-7-3-4-8-17/h5-6,11-13H,3-4,7-10H2,1-2H3. The highest BCUT2D eigenvalue weighted by atomic mass is 32.2. The summed E-state index contributed by atoms with van der Waals surface area (Å²) in [5.74, 6) is 1.96. The number of nitrogens with zero attached hydrogens (tertiary/aromatic N) is 3. The number of pyridine rings is 1. The molecule has 0 saturated carbocycles. The van der Waals surface area contributed by atoms with Crippen LogP contribution in [0.5, 0.6) is 0 Å². The van der Waals surface area contributed by atoms with Crippen molar-refractivity contribution < 1.29 is 8.42 Å². The van der Waals surface area contributed by atoms with Crippen molar-refractivity contribution >= 4 is 27.6 Å². The Hall–Kier alpha value is -0.790. The van der Waals surface area contributed by atoms with E-state index in [1.807, 2.05) is 17.8 Å². The topological polar surface area (TPSA) is 53.5 Å². The summed E-state index contributed by atoms with van der Waals surface area (Å²) in [5, 5.41) is 0.559. The zero-order valence-electron chi connectivity index (χ0n) is 13.1. The molecule has 5 nitrogen and oxygen atoms in total. The van der Waals surface area contributed by atoms with Crippen molar-refractivity contribution in [2.24, 2.45) is 0 Å². The molecule has 0 radical (unpaired) electrons. The third-order valence-electron chi connectivity index (χ3n) is 4.60. The van der Waals surface area contributed by atoms with Gasteiger partial charge in [0.1, 0.15) is 10.7 Å². The van der Waals surface area contributed by atoms with Gasteiger partial charge in [-0.1, -0.05) is 6.92 Å². The van der Waals surface area contributed by atoms with Crippen molar-refractivity contribution in [1.29, 1.82) is 0 Å². The lowest BCUT2D eigenvalue weighted by Gasteiger charge is -2.38. The molecule has 22 heavy (non-hydrogen) atoms. The summed E-state index contributed by atoms with van der Waals surface area (Å²) in [6.07, 6.45) is 3.42. The maximum Gasteiger partial charge on any atom is 0.244 e. The molecule has 1 aromatic heterocycles. The van der Waals surface area contributed by atoms with Crippen molar-refractivity contribution in [3.8, 4) is 0 Å². The molecule has 0 aliphatic carbocycles. The first-order valence-corrected chi connectivity index (χ1v) is 10.3. The van der Waals surface area contributed by atoms with E-state index in [2.05, 4.69) is 23.7 Å². The maximum absolute atomic E-state index is 12.5. The average molecular weight is 342 g/mol. The second-order valence-corrected chi connectivity index (χ2v) is 9.40. The van der Waals surface area contributed by atoms with Gasteiger partial charge in [-0.15, -0.1) is 0 Å². The van der Waals surface area contributed by atoms with Gasteiger partial charge in [0.2, 0.25) is 10.0 Å². The molecule has 7 heteroatoms. The van der Waals surface area contributed by atoms with Crippen LogP contribution in [0.3, 0.4) is 0 Å². The molecule has 3 rings (SSSR count). The second kappa shape index (κ2) is 6.37. The molecule has 2 atom stereocenters. The Balaban J connectivity index is 1.80. The van der Waals surface area contributed by atoms with Crippen LogP contribution in [0.2, 0.25) is 0 Å². The van der Waals surface area contributed by atoms with Crippen molar-refractivity contribution in [2.45, 2.75) is 42.9 Å². The fourth-order valence-corrected chi connectivity index (χ4v) is 5.59. The largest absolute Gasteiger partial charge is 0.352 e. The number of thioether (sulfide) groups is 1. The molecule has 2 unspecified atom stereocenters. The number of hydrogen-bond donors (Lipinski definition) is 0. The maximum atomic E-state index is 12.5. The van der Waals surface area contributed by atoms with Crippen molar-refractivity contribution in [2.75, 3.05) is 30.3 Å². The zero-order chi connectivity index (χ0) is 15.7. The monoisotopic (exact) mass is 341 g/mol. The van der Waals surface area contributed by atoms with Crippen LogP contribution in [-0.2, 0) is 10.0 Å². The SMILES string of the molecule is CC1SCCN(c2ccc(S(=O)(=O)N3CCCC3)cn2)C1C. The van der Waals surface area contributed by atoms with Gasteiger partial charge in [0.05, 0.1) is 0 Å². The second-order valence-electron chi connectivity index (χ2n) is 5.97. The molecule has 2 saturated heterocycles. The van der Waals surface area contributed by atoms with E-state index in [9.17, 15) is 8.42 Å². The van der Waals surface area contributed by atoms with Crippen LogP contribution in [0.25, 0.3) is 0 Å². The van der Waals surface area contributed by atoms with Crippen LogP contribution in [0.4, 0.5) is 5.82 Å². The van der Waals surface area contributed by atoms with Crippen molar-refractivity contribution in [3.63, 3.8) is 0 Å². The first-order chi connectivity index (χ1) is 10.5. The summed E-state index contributed by atoms with van der Waals surface area (Å²) < 4.78 is 26.6. The van der Waals surface area contributed by atoms with Gasteiger partial charge in [-0.25, -0.2) is 13.4 Å². The minimum atomic E-state index is -3.36. The Kier molecular flexibility index (Phi) is 4.66. The van der Waals surface area contributed by atoms with E-state index in [0.717, 1.165) is 31.0 Å². The van der Waals surface area contributed by atoms with Crippen LogP contribution in [-0.4, -0.2) is 54.4 Å². The fourth-order valence-electron chi connectivity index (χ4n) is 3.03. The van der Waals surface area contributed by atoms with E-state index in [1.165, 1.54) is 6.20 Å². The zero-order valence-corrected chi connectivity index (χ0v) is 14.7. The minimum absolute atomic E-state index is 0.310. The molecule has 0 spiro atoms. The Morgan fingerprint density at radius 2 is 1.91 bits per heavy atom. The molecule has 2 aliphatic heterocycles. The molecule has 3 heterocycles. The number of sulfonamides is 1. The van der Waals surface area contributed by atoms with Gasteiger partial charge >= 0.3 is 0 Å². The lowest BCUT2D eigenvalue weighted by molar-refractivity contribution is 0.477. The highest BCUT2D eigenvalue weighted by Gasteiger charge is 2.29. The number of rotatable bonds is 3. The van der Waals surface area contributed by atoms with Crippen LogP contribution in [0.15, 0.2) is 23.2 Å². The quantitative estimate of drug-likeness (QED) is 0.843. The van der Waals surface area contributed by atoms with Crippen LogP contribution in [0.1, 0.15) is 26.7 Å². The molecule has 0 amide bonds. The smallest absolute Gasteiger partial charge is 0.244 e. The molecule has 0 N–H and O–H groups in total. The Morgan fingerprint density at radius 1 is 1.18 bits per heavy atom. The van der Waals surface area contributed by atoms with E-state index in [0.29, 0.717) is 29.3 Å². The Bertz CT molecular complexity index is 612. The molecule has 0 aromatic carbocycles. The van der Waals surface area contributed by atoms with Gasteiger partial charge in [0.25, 0.3) is 0 Å². The first-order valence-electron chi connectivity index (χ1n) is 7.84. The minimum Gasteiger partial charge on any atom is -0.352 e. The number of anilines is 1. The molecule has 2 fully saturated rings. The Morgan fingerprint density at radius 3 is 2.55 bits per heavy atom. The normalized spacial score (nSPS) is 27.3. The number of aromatic nitrogens is 1. The summed E-state index contributed by atoms with van der Waals surface area (Å²) in [5.41, 5.74) is 0. The molecule has 1 aromatic rings. The molecule has 2 aliphatic rings. The van der Waals surface area contributed by atoms with E-state index in [4.69, 9.17) is 0 Å². The van der Waals surface area contributed by atoms with Crippen LogP contribution < -0.4 is 4.90 Å². The average Bonchev–Trinajstić information content (AvgIpc) is 3.05. The summed E-state index contributed by atoms with van der Waals surface area (Å²) in [6.45, 7) is 6.65.